The molecule has 0 aliphatic rings. The lowest BCUT2D eigenvalue weighted by Crippen LogP contribution is -2.38. The van der Waals surface area contributed by atoms with Gasteiger partial charge in [0.1, 0.15) is 5.82 Å². The van der Waals surface area contributed by atoms with E-state index < -0.39 is 0 Å². The van der Waals surface area contributed by atoms with Gasteiger partial charge in [-0.15, -0.1) is 35.3 Å². The number of aliphatic imine (C=N–C) groups is 1. The zero-order valence-electron chi connectivity index (χ0n) is 16.4. The van der Waals surface area contributed by atoms with Crippen molar-refractivity contribution in [2.45, 2.75) is 33.4 Å². The molecule has 0 aliphatic carbocycles. The Morgan fingerprint density at radius 2 is 1.96 bits per heavy atom. The first kappa shape index (κ1) is 22.4. The first-order valence-electron chi connectivity index (χ1n) is 9.36. The van der Waals surface area contributed by atoms with Gasteiger partial charge in [0.25, 0.3) is 0 Å². The van der Waals surface area contributed by atoms with Gasteiger partial charge in [0.2, 0.25) is 0 Å². The lowest BCUT2D eigenvalue weighted by atomic mass is 10.2. The van der Waals surface area contributed by atoms with Crippen LogP contribution >= 0.6 is 35.3 Å². The number of guanidine groups is 1. The average molecular weight is 509 g/mol. The average Bonchev–Trinajstić information content (AvgIpc) is 3.29. The molecule has 3 rings (SSSR count). The van der Waals surface area contributed by atoms with Gasteiger partial charge in [0.15, 0.2) is 5.96 Å². The van der Waals surface area contributed by atoms with Crippen molar-refractivity contribution >= 4 is 41.3 Å². The fourth-order valence-corrected chi connectivity index (χ4v) is 3.67. The van der Waals surface area contributed by atoms with E-state index in [1.54, 1.807) is 11.3 Å². The standard InChI is InChI=1S/C21H27N5S.HI/c1-3-22-21(25-15-19-10-9-17(2)27-19)24-12-11-20-23-13-14-26(20)16-18-7-5-4-6-8-18;/h4-10,13-14H,3,11-12,15-16H2,1-2H3,(H2,22,24,25);1H. The van der Waals surface area contributed by atoms with Crippen molar-refractivity contribution in [2.75, 3.05) is 13.1 Å². The zero-order valence-corrected chi connectivity index (χ0v) is 19.5. The van der Waals surface area contributed by atoms with E-state index in [0.29, 0.717) is 6.54 Å². The number of rotatable bonds is 8. The topological polar surface area (TPSA) is 54.2 Å². The predicted octanol–water partition coefficient (Wildman–Crippen LogP) is 4.22. The molecule has 0 amide bonds. The second kappa shape index (κ2) is 11.9. The summed E-state index contributed by atoms with van der Waals surface area (Å²) >= 11 is 1.80. The highest BCUT2D eigenvalue weighted by molar-refractivity contribution is 14.0. The van der Waals surface area contributed by atoms with Crippen molar-refractivity contribution in [1.82, 2.24) is 20.2 Å². The third kappa shape index (κ3) is 6.94. The lowest BCUT2D eigenvalue weighted by molar-refractivity contribution is 0.694. The van der Waals surface area contributed by atoms with E-state index in [1.165, 1.54) is 15.3 Å². The molecule has 2 aromatic heterocycles. The van der Waals surface area contributed by atoms with Gasteiger partial charge in [-0.3, -0.25) is 0 Å². The third-order valence-electron chi connectivity index (χ3n) is 4.17. The molecule has 0 fully saturated rings. The Morgan fingerprint density at radius 1 is 1.14 bits per heavy atom. The molecule has 28 heavy (non-hydrogen) atoms. The Bertz CT molecular complexity index is 857. The number of nitrogens with zero attached hydrogens (tertiary/aromatic N) is 3. The van der Waals surface area contributed by atoms with Gasteiger partial charge >= 0.3 is 0 Å². The summed E-state index contributed by atoms with van der Waals surface area (Å²) in [6, 6.07) is 14.8. The van der Waals surface area contributed by atoms with Crippen molar-refractivity contribution in [3.05, 3.63) is 76.0 Å². The van der Waals surface area contributed by atoms with Crippen LogP contribution in [0.1, 0.15) is 28.1 Å². The quantitative estimate of drug-likeness (QED) is 0.272. The molecule has 0 radical (unpaired) electrons. The summed E-state index contributed by atoms with van der Waals surface area (Å²) in [5.74, 6) is 1.93. The van der Waals surface area contributed by atoms with Crippen LogP contribution in [0.25, 0.3) is 0 Å². The smallest absolute Gasteiger partial charge is 0.191 e. The summed E-state index contributed by atoms with van der Waals surface area (Å²) in [7, 11) is 0. The Kier molecular flexibility index (Phi) is 9.49. The van der Waals surface area contributed by atoms with Gasteiger partial charge in [-0.25, -0.2) is 9.98 Å². The van der Waals surface area contributed by atoms with E-state index in [1.807, 2.05) is 18.5 Å². The highest BCUT2D eigenvalue weighted by Gasteiger charge is 2.05. The highest BCUT2D eigenvalue weighted by Crippen LogP contribution is 2.15. The molecule has 3 aromatic rings. The van der Waals surface area contributed by atoms with Gasteiger partial charge in [-0.1, -0.05) is 30.3 Å². The molecule has 7 heteroatoms. The Morgan fingerprint density at radius 3 is 2.68 bits per heavy atom. The van der Waals surface area contributed by atoms with Crippen molar-refractivity contribution in [1.29, 1.82) is 0 Å². The van der Waals surface area contributed by atoms with E-state index in [0.717, 1.165) is 37.8 Å². The fourth-order valence-electron chi connectivity index (χ4n) is 2.85. The SMILES string of the molecule is CCNC(=NCc1ccc(C)s1)NCCc1nccn1Cc1ccccc1.I. The number of hydrogen-bond acceptors (Lipinski definition) is 3. The predicted molar refractivity (Wildman–Crippen MR) is 129 cm³/mol. The summed E-state index contributed by atoms with van der Waals surface area (Å²) in [6.45, 7) is 7.40. The first-order chi connectivity index (χ1) is 13.2. The third-order valence-corrected chi connectivity index (χ3v) is 5.16. The number of thiophene rings is 1. The fraction of sp³-hybridized carbons (Fsp3) is 0.333. The molecular formula is C21H28IN5S. The maximum Gasteiger partial charge on any atom is 0.191 e. The number of imidazole rings is 1. The van der Waals surface area contributed by atoms with Gasteiger partial charge in [0, 0.05) is 48.2 Å². The van der Waals surface area contributed by atoms with Crippen LogP contribution in [0.3, 0.4) is 0 Å². The number of aryl methyl sites for hydroxylation is 1. The minimum atomic E-state index is 0. The molecule has 2 N–H and O–H groups in total. The largest absolute Gasteiger partial charge is 0.357 e. The van der Waals surface area contributed by atoms with Crippen molar-refractivity contribution < 1.29 is 0 Å². The Hall–Kier alpha value is -1.87. The van der Waals surface area contributed by atoms with Crippen LogP contribution < -0.4 is 10.6 Å². The van der Waals surface area contributed by atoms with E-state index in [2.05, 4.69) is 75.4 Å². The van der Waals surface area contributed by atoms with Gasteiger partial charge < -0.3 is 15.2 Å². The van der Waals surface area contributed by atoms with Crippen LogP contribution in [0.4, 0.5) is 0 Å². The number of nitrogens with one attached hydrogen (secondary N) is 2. The van der Waals surface area contributed by atoms with E-state index in [-0.39, 0.29) is 24.0 Å². The summed E-state index contributed by atoms with van der Waals surface area (Å²) in [4.78, 5) is 11.8. The van der Waals surface area contributed by atoms with Crippen LogP contribution in [-0.2, 0) is 19.5 Å². The molecule has 0 unspecified atom stereocenters. The monoisotopic (exact) mass is 509 g/mol. The molecule has 5 nitrogen and oxygen atoms in total. The Balaban J connectivity index is 0.00000280. The van der Waals surface area contributed by atoms with Gasteiger partial charge in [0.05, 0.1) is 6.54 Å². The zero-order chi connectivity index (χ0) is 18.9. The van der Waals surface area contributed by atoms with Crippen molar-refractivity contribution in [3.63, 3.8) is 0 Å². The molecule has 150 valence electrons. The Labute approximate surface area is 188 Å². The van der Waals surface area contributed by atoms with Crippen LogP contribution in [0.2, 0.25) is 0 Å². The lowest BCUT2D eigenvalue weighted by Gasteiger charge is -2.12. The van der Waals surface area contributed by atoms with E-state index in [4.69, 9.17) is 0 Å². The maximum absolute atomic E-state index is 4.68. The first-order valence-corrected chi connectivity index (χ1v) is 10.2. The normalized spacial score (nSPS) is 11.1. The maximum atomic E-state index is 4.68. The summed E-state index contributed by atoms with van der Waals surface area (Å²) in [5, 5.41) is 6.73. The van der Waals surface area contributed by atoms with Crippen LogP contribution in [0.15, 0.2) is 59.9 Å². The van der Waals surface area contributed by atoms with E-state index in [9.17, 15) is 0 Å². The van der Waals surface area contributed by atoms with Crippen molar-refractivity contribution in [3.8, 4) is 0 Å². The molecule has 0 bridgehead atoms. The molecule has 0 saturated heterocycles. The second-order valence-electron chi connectivity index (χ2n) is 6.34. The molecule has 0 atom stereocenters. The van der Waals surface area contributed by atoms with Gasteiger partial charge in [-0.05, 0) is 31.5 Å². The number of halogens is 1. The summed E-state index contributed by atoms with van der Waals surface area (Å²) in [6.07, 6.45) is 4.76. The minimum Gasteiger partial charge on any atom is -0.357 e. The number of benzene rings is 1. The number of aromatic nitrogens is 2. The van der Waals surface area contributed by atoms with Gasteiger partial charge in [-0.2, -0.15) is 0 Å². The highest BCUT2D eigenvalue weighted by atomic mass is 127. The molecule has 0 spiro atoms. The molecular weight excluding hydrogens is 481 g/mol. The summed E-state index contributed by atoms with van der Waals surface area (Å²) < 4.78 is 2.20. The van der Waals surface area contributed by atoms with E-state index >= 15 is 0 Å². The molecule has 1 aromatic carbocycles. The summed E-state index contributed by atoms with van der Waals surface area (Å²) in [5.41, 5.74) is 1.28. The number of hydrogen-bond donors (Lipinski definition) is 2. The van der Waals surface area contributed by atoms with Crippen LogP contribution in [0.5, 0.6) is 0 Å². The van der Waals surface area contributed by atoms with Crippen molar-refractivity contribution in [2.24, 2.45) is 4.99 Å². The van der Waals surface area contributed by atoms with Crippen LogP contribution in [0, 0.1) is 6.92 Å². The minimum absolute atomic E-state index is 0. The molecule has 0 saturated carbocycles. The molecule has 2 heterocycles. The molecule has 0 aliphatic heterocycles. The second-order valence-corrected chi connectivity index (χ2v) is 7.71. The van der Waals surface area contributed by atoms with Crippen LogP contribution in [-0.4, -0.2) is 28.6 Å².